The fraction of sp³-hybridized carbons (Fsp3) is 0.529. The topological polar surface area (TPSA) is 52.7 Å². The van der Waals surface area contributed by atoms with E-state index in [1.165, 1.54) is 0 Å². The van der Waals surface area contributed by atoms with Crippen molar-refractivity contribution in [3.8, 4) is 0 Å². The maximum atomic E-state index is 12.7. The van der Waals surface area contributed by atoms with Crippen molar-refractivity contribution < 1.29 is 9.59 Å². The Balaban J connectivity index is 1.62. The SMILES string of the molecule is CN(CC(=O)NC1CC1)C1CCCN(c2ccccc2)C1=O. The molecule has 2 aliphatic rings. The molecule has 1 aromatic rings. The zero-order valence-corrected chi connectivity index (χ0v) is 13.0. The molecule has 1 unspecified atom stereocenters. The highest BCUT2D eigenvalue weighted by Gasteiger charge is 2.33. The summed E-state index contributed by atoms with van der Waals surface area (Å²) in [6.45, 7) is 1.04. The average Bonchev–Trinajstić information content (AvgIpc) is 3.32. The highest BCUT2D eigenvalue weighted by atomic mass is 16.2. The lowest BCUT2D eigenvalue weighted by Gasteiger charge is -2.36. The number of nitrogens with one attached hydrogen (secondary N) is 1. The number of carbonyl (C=O) groups excluding carboxylic acids is 2. The van der Waals surface area contributed by atoms with Gasteiger partial charge in [0, 0.05) is 18.3 Å². The monoisotopic (exact) mass is 301 g/mol. The fourth-order valence-electron chi connectivity index (χ4n) is 2.97. The van der Waals surface area contributed by atoms with Crippen molar-refractivity contribution in [1.82, 2.24) is 10.2 Å². The van der Waals surface area contributed by atoms with Crippen LogP contribution in [0.2, 0.25) is 0 Å². The Labute approximate surface area is 131 Å². The number of hydrogen-bond acceptors (Lipinski definition) is 3. The lowest BCUT2D eigenvalue weighted by Crippen LogP contribution is -2.53. The molecule has 1 aliphatic carbocycles. The third-order valence-corrected chi connectivity index (χ3v) is 4.35. The molecular formula is C17H23N3O2. The van der Waals surface area contributed by atoms with E-state index in [0.29, 0.717) is 6.04 Å². The van der Waals surface area contributed by atoms with Crippen LogP contribution >= 0.6 is 0 Å². The van der Waals surface area contributed by atoms with Gasteiger partial charge in [-0.25, -0.2) is 0 Å². The van der Waals surface area contributed by atoms with Gasteiger partial charge < -0.3 is 10.2 Å². The summed E-state index contributed by atoms with van der Waals surface area (Å²) in [5, 5.41) is 2.98. The minimum absolute atomic E-state index is 0.0228. The number of likely N-dealkylation sites (N-methyl/N-ethyl adjacent to an activating group) is 1. The second-order valence-corrected chi connectivity index (χ2v) is 6.24. The first kappa shape index (κ1) is 15.0. The second-order valence-electron chi connectivity index (χ2n) is 6.24. The Morgan fingerprint density at radius 2 is 2.00 bits per heavy atom. The molecule has 2 fully saturated rings. The van der Waals surface area contributed by atoms with Crippen LogP contribution in [0.4, 0.5) is 5.69 Å². The molecule has 1 aromatic carbocycles. The number of anilines is 1. The first-order chi connectivity index (χ1) is 10.6. The van der Waals surface area contributed by atoms with Crippen LogP contribution in [0, 0.1) is 0 Å². The minimum Gasteiger partial charge on any atom is -0.352 e. The van der Waals surface area contributed by atoms with Gasteiger partial charge in [-0.1, -0.05) is 18.2 Å². The molecule has 1 saturated carbocycles. The van der Waals surface area contributed by atoms with Crippen LogP contribution in [0.5, 0.6) is 0 Å². The largest absolute Gasteiger partial charge is 0.352 e. The van der Waals surface area contributed by atoms with E-state index < -0.39 is 0 Å². The summed E-state index contributed by atoms with van der Waals surface area (Å²) < 4.78 is 0. The smallest absolute Gasteiger partial charge is 0.244 e. The molecule has 3 rings (SSSR count). The van der Waals surface area contributed by atoms with Gasteiger partial charge in [0.25, 0.3) is 0 Å². The molecule has 22 heavy (non-hydrogen) atoms. The van der Waals surface area contributed by atoms with E-state index in [0.717, 1.165) is 37.9 Å². The summed E-state index contributed by atoms with van der Waals surface area (Å²) >= 11 is 0. The van der Waals surface area contributed by atoms with Crippen LogP contribution in [0.3, 0.4) is 0 Å². The first-order valence-electron chi connectivity index (χ1n) is 8.01. The van der Waals surface area contributed by atoms with Crippen LogP contribution in [0.15, 0.2) is 30.3 Å². The molecule has 0 aromatic heterocycles. The number of carbonyl (C=O) groups is 2. The molecule has 5 heteroatoms. The van der Waals surface area contributed by atoms with Crippen LogP contribution in [-0.4, -0.2) is 48.9 Å². The van der Waals surface area contributed by atoms with Crippen LogP contribution < -0.4 is 10.2 Å². The Kier molecular flexibility index (Phi) is 4.43. The standard InChI is InChI=1S/C17H23N3O2/c1-19(12-16(21)18-13-9-10-13)15-8-5-11-20(17(15)22)14-6-3-2-4-7-14/h2-4,6-7,13,15H,5,8-12H2,1H3,(H,18,21). The van der Waals surface area contributed by atoms with E-state index >= 15 is 0 Å². The Hall–Kier alpha value is -1.88. The van der Waals surface area contributed by atoms with Gasteiger partial charge in [-0.15, -0.1) is 0 Å². The predicted molar refractivity (Wildman–Crippen MR) is 85.6 cm³/mol. The van der Waals surface area contributed by atoms with E-state index in [-0.39, 0.29) is 24.4 Å². The summed E-state index contributed by atoms with van der Waals surface area (Å²) in [5.74, 6) is 0.119. The van der Waals surface area contributed by atoms with E-state index in [9.17, 15) is 9.59 Å². The number of hydrogen-bond donors (Lipinski definition) is 1. The van der Waals surface area contributed by atoms with Gasteiger partial charge in [0.15, 0.2) is 0 Å². The van der Waals surface area contributed by atoms with Crippen LogP contribution in [-0.2, 0) is 9.59 Å². The molecule has 1 atom stereocenters. The maximum absolute atomic E-state index is 12.7. The van der Waals surface area contributed by atoms with E-state index in [4.69, 9.17) is 0 Å². The first-order valence-corrected chi connectivity index (χ1v) is 8.01. The van der Waals surface area contributed by atoms with Crippen molar-refractivity contribution in [3.63, 3.8) is 0 Å². The van der Waals surface area contributed by atoms with E-state index in [1.807, 2.05) is 47.2 Å². The van der Waals surface area contributed by atoms with Gasteiger partial charge in [0.1, 0.15) is 0 Å². The number of piperidine rings is 1. The Bertz CT molecular complexity index is 542. The van der Waals surface area contributed by atoms with Gasteiger partial charge in [0.2, 0.25) is 11.8 Å². The maximum Gasteiger partial charge on any atom is 0.244 e. The van der Waals surface area contributed by atoms with Gasteiger partial charge >= 0.3 is 0 Å². The molecule has 1 aliphatic heterocycles. The van der Waals surface area contributed by atoms with Crippen LogP contribution in [0.1, 0.15) is 25.7 Å². The summed E-state index contributed by atoms with van der Waals surface area (Å²) in [5.41, 5.74) is 0.938. The second kappa shape index (κ2) is 6.48. The molecule has 0 bridgehead atoms. The van der Waals surface area contributed by atoms with Gasteiger partial charge in [0.05, 0.1) is 12.6 Å². The number of rotatable bonds is 5. The average molecular weight is 301 g/mol. The highest BCUT2D eigenvalue weighted by molar-refractivity contribution is 5.98. The van der Waals surface area contributed by atoms with Crippen LogP contribution in [0.25, 0.3) is 0 Å². The number of nitrogens with zero attached hydrogens (tertiary/aromatic N) is 2. The number of benzene rings is 1. The number of para-hydroxylation sites is 1. The molecule has 2 amide bonds. The quantitative estimate of drug-likeness (QED) is 0.894. The summed E-state index contributed by atoms with van der Waals surface area (Å²) in [7, 11) is 1.86. The third-order valence-electron chi connectivity index (χ3n) is 4.35. The normalized spacial score (nSPS) is 22.0. The molecule has 0 spiro atoms. The summed E-state index contributed by atoms with van der Waals surface area (Å²) in [6, 6.07) is 9.91. The highest BCUT2D eigenvalue weighted by Crippen LogP contribution is 2.23. The molecular weight excluding hydrogens is 278 g/mol. The molecule has 5 nitrogen and oxygen atoms in total. The van der Waals surface area contributed by atoms with E-state index in [1.54, 1.807) is 0 Å². The molecule has 1 N–H and O–H groups in total. The van der Waals surface area contributed by atoms with Crippen molar-refractivity contribution in [2.24, 2.45) is 0 Å². The molecule has 118 valence electrons. The summed E-state index contributed by atoms with van der Waals surface area (Å²) in [4.78, 5) is 28.4. The van der Waals surface area contributed by atoms with Gasteiger partial charge in [-0.3, -0.25) is 14.5 Å². The minimum atomic E-state index is -0.209. The number of amides is 2. The van der Waals surface area contributed by atoms with Crippen molar-refractivity contribution >= 4 is 17.5 Å². The van der Waals surface area contributed by atoms with Crippen molar-refractivity contribution in [2.75, 3.05) is 25.0 Å². The predicted octanol–water partition coefficient (Wildman–Crippen LogP) is 1.39. The lowest BCUT2D eigenvalue weighted by atomic mass is 10.0. The lowest BCUT2D eigenvalue weighted by molar-refractivity contribution is -0.127. The fourth-order valence-corrected chi connectivity index (χ4v) is 2.97. The molecule has 1 heterocycles. The van der Waals surface area contributed by atoms with Crippen molar-refractivity contribution in [1.29, 1.82) is 0 Å². The Morgan fingerprint density at radius 1 is 1.27 bits per heavy atom. The van der Waals surface area contributed by atoms with Crippen molar-refractivity contribution in [2.45, 2.75) is 37.8 Å². The Morgan fingerprint density at radius 3 is 2.68 bits per heavy atom. The van der Waals surface area contributed by atoms with Gasteiger partial charge in [-0.05, 0) is 44.9 Å². The van der Waals surface area contributed by atoms with Gasteiger partial charge in [-0.2, -0.15) is 0 Å². The summed E-state index contributed by atoms with van der Waals surface area (Å²) in [6.07, 6.45) is 3.94. The zero-order chi connectivity index (χ0) is 15.5. The van der Waals surface area contributed by atoms with E-state index in [2.05, 4.69) is 5.32 Å². The molecule has 1 saturated heterocycles. The zero-order valence-electron chi connectivity index (χ0n) is 13.0. The molecule has 0 radical (unpaired) electrons. The third kappa shape index (κ3) is 3.47. The van der Waals surface area contributed by atoms with Crippen molar-refractivity contribution in [3.05, 3.63) is 30.3 Å².